The van der Waals surface area contributed by atoms with Crippen molar-refractivity contribution in [1.29, 1.82) is 0 Å². The summed E-state index contributed by atoms with van der Waals surface area (Å²) in [6.07, 6.45) is 3.77. The Morgan fingerprint density at radius 2 is 1.81 bits per heavy atom. The van der Waals surface area contributed by atoms with Gasteiger partial charge >= 0.3 is 5.97 Å². The number of nitrogens with zero attached hydrogens (tertiary/aromatic N) is 2. The molecule has 1 aliphatic rings. The minimum absolute atomic E-state index is 0.0750. The molecule has 1 atom stereocenters. The number of unbranched alkanes of at least 4 members (excludes halogenated alkanes) is 1. The summed E-state index contributed by atoms with van der Waals surface area (Å²) in [5.74, 6) is 0.544. The van der Waals surface area contributed by atoms with Gasteiger partial charge in [0.25, 0.3) is 5.91 Å². The fourth-order valence-corrected chi connectivity index (χ4v) is 4.56. The van der Waals surface area contributed by atoms with Crippen molar-refractivity contribution in [3.63, 3.8) is 0 Å². The van der Waals surface area contributed by atoms with E-state index in [9.17, 15) is 9.59 Å². The highest BCUT2D eigenvalue weighted by atomic mass is 16.5. The Balaban J connectivity index is 1.66. The third-order valence-corrected chi connectivity index (χ3v) is 6.46. The number of carbonyl (C=O) groups excluding carboxylic acids is 2. The quantitative estimate of drug-likeness (QED) is 0.258. The summed E-state index contributed by atoms with van der Waals surface area (Å²) >= 11 is 0. The second-order valence-electron chi connectivity index (χ2n) is 8.94. The lowest BCUT2D eigenvalue weighted by molar-refractivity contribution is -0.143. The van der Waals surface area contributed by atoms with E-state index in [2.05, 4.69) is 46.0 Å². The smallest absolute Gasteiger partial charge is 0.305 e. The van der Waals surface area contributed by atoms with E-state index in [0.29, 0.717) is 31.6 Å². The number of esters is 1. The molecular formula is C29H39N3O4. The Labute approximate surface area is 215 Å². The van der Waals surface area contributed by atoms with Crippen LogP contribution in [0, 0.1) is 0 Å². The number of benzene rings is 2. The molecule has 0 spiro atoms. The number of hydrogen-bond acceptors (Lipinski definition) is 6. The van der Waals surface area contributed by atoms with Crippen LogP contribution in [0.25, 0.3) is 0 Å². The SMILES string of the molecule is C=CCN1CCN([C@H](c2ccc(C(=O)NCCCCC(=O)OCC)cc2)c2cccc(OC)c2)CC1. The number of hydrogen-bond donors (Lipinski definition) is 1. The van der Waals surface area contributed by atoms with Crippen LogP contribution >= 0.6 is 0 Å². The van der Waals surface area contributed by atoms with E-state index in [1.807, 2.05) is 30.3 Å². The van der Waals surface area contributed by atoms with Gasteiger partial charge in [-0.2, -0.15) is 0 Å². The van der Waals surface area contributed by atoms with E-state index >= 15 is 0 Å². The molecule has 7 nitrogen and oxygen atoms in total. The van der Waals surface area contributed by atoms with Crippen LogP contribution in [0.4, 0.5) is 0 Å². The molecule has 1 N–H and O–H groups in total. The first-order chi connectivity index (χ1) is 17.5. The molecule has 0 aromatic heterocycles. The highest BCUT2D eigenvalue weighted by molar-refractivity contribution is 5.94. The Kier molecular flexibility index (Phi) is 11.0. The van der Waals surface area contributed by atoms with Crippen molar-refractivity contribution in [2.24, 2.45) is 0 Å². The van der Waals surface area contributed by atoms with E-state index < -0.39 is 0 Å². The first-order valence-electron chi connectivity index (χ1n) is 12.8. The second-order valence-corrected chi connectivity index (χ2v) is 8.94. The van der Waals surface area contributed by atoms with Gasteiger partial charge in [0.2, 0.25) is 0 Å². The van der Waals surface area contributed by atoms with Crippen LogP contribution in [-0.4, -0.2) is 74.7 Å². The van der Waals surface area contributed by atoms with Crippen LogP contribution < -0.4 is 10.1 Å². The molecule has 0 unspecified atom stereocenters. The van der Waals surface area contributed by atoms with Crippen molar-refractivity contribution < 1.29 is 19.1 Å². The molecule has 0 bridgehead atoms. The maximum Gasteiger partial charge on any atom is 0.305 e. The summed E-state index contributed by atoms with van der Waals surface area (Å²) in [7, 11) is 1.69. The van der Waals surface area contributed by atoms with Gasteiger partial charge in [-0.1, -0.05) is 30.3 Å². The zero-order valence-corrected chi connectivity index (χ0v) is 21.6. The lowest BCUT2D eigenvalue weighted by atomic mass is 9.95. The summed E-state index contributed by atoms with van der Waals surface area (Å²) in [5.41, 5.74) is 2.95. The number of amides is 1. The summed E-state index contributed by atoms with van der Waals surface area (Å²) in [6.45, 7) is 11.4. The van der Waals surface area contributed by atoms with Gasteiger partial charge in [0.1, 0.15) is 5.75 Å². The first-order valence-corrected chi connectivity index (χ1v) is 12.8. The van der Waals surface area contributed by atoms with Gasteiger partial charge in [-0.15, -0.1) is 6.58 Å². The zero-order chi connectivity index (χ0) is 25.8. The standard InChI is InChI=1S/C29H39N3O4/c1-4-17-31-18-20-32(21-19-31)28(25-9-8-10-26(22-25)35-3)23-12-14-24(15-13-23)29(34)30-16-7-6-11-27(33)36-5-2/h4,8-10,12-15,22,28H,1,5-7,11,16-21H2,2-3H3,(H,30,34)/t28-/m1/s1. The van der Waals surface area contributed by atoms with E-state index in [-0.39, 0.29) is 17.9 Å². The van der Waals surface area contributed by atoms with Crippen LogP contribution in [0.2, 0.25) is 0 Å². The fourth-order valence-electron chi connectivity index (χ4n) is 4.56. The molecule has 2 aromatic rings. The Hall–Kier alpha value is -3.16. The van der Waals surface area contributed by atoms with Gasteiger partial charge in [-0.25, -0.2) is 0 Å². The monoisotopic (exact) mass is 493 g/mol. The molecule has 2 aromatic carbocycles. The molecule has 1 amide bonds. The zero-order valence-electron chi connectivity index (χ0n) is 21.6. The molecule has 1 aliphatic heterocycles. The fraction of sp³-hybridized carbons (Fsp3) is 0.448. The minimum Gasteiger partial charge on any atom is -0.497 e. The lowest BCUT2D eigenvalue weighted by Crippen LogP contribution is -2.47. The topological polar surface area (TPSA) is 71.1 Å². The second kappa shape index (κ2) is 14.4. The minimum atomic E-state index is -0.188. The molecule has 0 aliphatic carbocycles. The summed E-state index contributed by atoms with van der Waals surface area (Å²) in [6, 6.07) is 16.2. The van der Waals surface area contributed by atoms with Gasteiger partial charge in [0.05, 0.1) is 19.8 Å². The Morgan fingerprint density at radius 1 is 1.06 bits per heavy atom. The van der Waals surface area contributed by atoms with E-state index in [0.717, 1.165) is 50.5 Å². The van der Waals surface area contributed by atoms with E-state index in [1.54, 1.807) is 14.0 Å². The van der Waals surface area contributed by atoms with E-state index in [1.165, 1.54) is 5.56 Å². The molecule has 3 rings (SSSR count). The third-order valence-electron chi connectivity index (χ3n) is 6.46. The predicted molar refractivity (Wildman–Crippen MR) is 142 cm³/mol. The molecule has 194 valence electrons. The largest absolute Gasteiger partial charge is 0.497 e. The molecule has 1 fully saturated rings. The summed E-state index contributed by atoms with van der Waals surface area (Å²) < 4.78 is 10.4. The number of methoxy groups -OCH3 is 1. The molecule has 0 radical (unpaired) electrons. The van der Waals surface area contributed by atoms with Crippen molar-refractivity contribution in [2.45, 2.75) is 32.2 Å². The third kappa shape index (κ3) is 7.93. The molecular weight excluding hydrogens is 454 g/mol. The normalized spacial score (nSPS) is 15.2. The van der Waals surface area contributed by atoms with Gasteiger partial charge in [-0.3, -0.25) is 19.4 Å². The Morgan fingerprint density at radius 3 is 2.47 bits per heavy atom. The molecule has 0 saturated carbocycles. The summed E-state index contributed by atoms with van der Waals surface area (Å²) in [4.78, 5) is 29.0. The maximum absolute atomic E-state index is 12.6. The lowest BCUT2D eigenvalue weighted by Gasteiger charge is -2.39. The first kappa shape index (κ1) is 27.4. The number of ether oxygens (including phenoxy) is 2. The average molecular weight is 494 g/mol. The van der Waals surface area contributed by atoms with Crippen molar-refractivity contribution >= 4 is 11.9 Å². The molecule has 1 heterocycles. The van der Waals surface area contributed by atoms with Crippen molar-refractivity contribution in [3.8, 4) is 5.75 Å². The predicted octanol–water partition coefficient (Wildman–Crippen LogP) is 4.05. The Bertz CT molecular complexity index is 984. The van der Waals surface area contributed by atoms with Crippen LogP contribution in [0.3, 0.4) is 0 Å². The van der Waals surface area contributed by atoms with Crippen LogP contribution in [-0.2, 0) is 9.53 Å². The molecule has 1 saturated heterocycles. The summed E-state index contributed by atoms with van der Waals surface area (Å²) in [5, 5.41) is 2.95. The number of rotatable bonds is 13. The van der Waals surface area contributed by atoms with Crippen LogP contribution in [0.1, 0.15) is 53.7 Å². The van der Waals surface area contributed by atoms with Gasteiger partial charge in [0, 0.05) is 51.3 Å². The van der Waals surface area contributed by atoms with Crippen molar-refractivity contribution in [1.82, 2.24) is 15.1 Å². The molecule has 36 heavy (non-hydrogen) atoms. The highest BCUT2D eigenvalue weighted by Crippen LogP contribution is 2.31. The number of nitrogens with one attached hydrogen (secondary N) is 1. The van der Waals surface area contributed by atoms with Crippen molar-refractivity contribution in [3.05, 3.63) is 77.9 Å². The van der Waals surface area contributed by atoms with Gasteiger partial charge in [-0.05, 0) is 55.2 Å². The number of piperazine rings is 1. The number of carbonyl (C=O) groups is 2. The molecule has 7 heteroatoms. The van der Waals surface area contributed by atoms with Crippen LogP contribution in [0.15, 0.2) is 61.2 Å². The van der Waals surface area contributed by atoms with Gasteiger partial charge < -0.3 is 14.8 Å². The highest BCUT2D eigenvalue weighted by Gasteiger charge is 2.26. The van der Waals surface area contributed by atoms with E-state index in [4.69, 9.17) is 9.47 Å². The maximum atomic E-state index is 12.6. The van der Waals surface area contributed by atoms with Crippen LogP contribution in [0.5, 0.6) is 5.75 Å². The van der Waals surface area contributed by atoms with Crippen molar-refractivity contribution in [2.75, 3.05) is 53.0 Å². The van der Waals surface area contributed by atoms with Gasteiger partial charge in [0.15, 0.2) is 0 Å². The average Bonchev–Trinajstić information content (AvgIpc) is 2.90.